The van der Waals surface area contributed by atoms with Crippen LogP contribution < -0.4 is 0 Å². The Kier molecular flexibility index (Phi) is 2.75. The van der Waals surface area contributed by atoms with Gasteiger partial charge in [-0.1, -0.05) is 0 Å². The molecular formula is C10H16O4S. The van der Waals surface area contributed by atoms with Crippen LogP contribution in [0.15, 0.2) is 0 Å². The fourth-order valence-corrected chi connectivity index (χ4v) is 5.36. The van der Waals surface area contributed by atoms with Gasteiger partial charge in [-0.25, -0.2) is 8.42 Å². The summed E-state index contributed by atoms with van der Waals surface area (Å²) in [7, 11) is -1.49. The maximum Gasteiger partial charge on any atom is 0.305 e. The molecule has 15 heavy (non-hydrogen) atoms. The quantitative estimate of drug-likeness (QED) is 0.664. The van der Waals surface area contributed by atoms with Crippen molar-refractivity contribution in [1.82, 2.24) is 0 Å². The molecule has 0 N–H and O–H groups in total. The van der Waals surface area contributed by atoms with E-state index in [9.17, 15) is 13.2 Å². The number of hydrogen-bond donors (Lipinski definition) is 0. The molecule has 0 aromatic carbocycles. The number of methoxy groups -OCH3 is 1. The van der Waals surface area contributed by atoms with Gasteiger partial charge in [0.15, 0.2) is 9.84 Å². The van der Waals surface area contributed by atoms with Crippen molar-refractivity contribution in [2.45, 2.75) is 42.6 Å². The lowest BCUT2D eigenvalue weighted by Crippen LogP contribution is -2.33. The van der Waals surface area contributed by atoms with Crippen molar-refractivity contribution < 1.29 is 17.9 Å². The van der Waals surface area contributed by atoms with Crippen LogP contribution in [0.25, 0.3) is 0 Å². The van der Waals surface area contributed by atoms with E-state index < -0.39 is 9.84 Å². The molecule has 2 atom stereocenters. The second-order valence-electron chi connectivity index (χ2n) is 4.53. The fourth-order valence-electron chi connectivity index (χ4n) is 2.80. The maximum atomic E-state index is 11.8. The zero-order valence-corrected chi connectivity index (χ0v) is 9.63. The van der Waals surface area contributed by atoms with Gasteiger partial charge in [-0.3, -0.25) is 4.79 Å². The molecule has 2 heterocycles. The van der Waals surface area contributed by atoms with Gasteiger partial charge in [-0.15, -0.1) is 0 Å². The first-order chi connectivity index (χ1) is 7.04. The average molecular weight is 232 g/mol. The number of ether oxygens (including phenoxy) is 1. The minimum absolute atomic E-state index is 0.189. The first-order valence-electron chi connectivity index (χ1n) is 5.33. The van der Waals surface area contributed by atoms with Crippen molar-refractivity contribution in [1.29, 1.82) is 0 Å². The second-order valence-corrected chi connectivity index (χ2v) is 7.04. The Morgan fingerprint density at radius 1 is 1.27 bits per heavy atom. The van der Waals surface area contributed by atoms with Crippen LogP contribution in [-0.4, -0.2) is 32.0 Å². The fraction of sp³-hybridized carbons (Fsp3) is 0.900. The monoisotopic (exact) mass is 232 g/mol. The molecule has 4 nitrogen and oxygen atoms in total. The minimum atomic E-state index is -2.86. The topological polar surface area (TPSA) is 60.4 Å². The van der Waals surface area contributed by atoms with E-state index in [4.69, 9.17) is 0 Å². The summed E-state index contributed by atoms with van der Waals surface area (Å²) in [6.07, 6.45) is 3.23. The molecule has 2 aliphatic rings. The van der Waals surface area contributed by atoms with Crippen LogP contribution in [-0.2, 0) is 19.4 Å². The molecule has 0 radical (unpaired) electrons. The van der Waals surface area contributed by atoms with Gasteiger partial charge in [0, 0.05) is 6.42 Å². The van der Waals surface area contributed by atoms with Crippen molar-refractivity contribution in [3.05, 3.63) is 0 Å². The van der Waals surface area contributed by atoms with Crippen LogP contribution in [0.2, 0.25) is 0 Å². The molecule has 0 aliphatic carbocycles. The molecule has 86 valence electrons. The lowest BCUT2D eigenvalue weighted by Gasteiger charge is -2.26. The number of carbonyl (C=O) groups is 1. The molecule has 0 aromatic heterocycles. The molecule has 0 spiro atoms. The Balaban J connectivity index is 2.03. The molecule has 2 aliphatic heterocycles. The number of esters is 1. The third-order valence-corrected chi connectivity index (χ3v) is 6.33. The highest BCUT2D eigenvalue weighted by Crippen LogP contribution is 2.42. The Labute approximate surface area is 89.9 Å². The summed E-state index contributed by atoms with van der Waals surface area (Å²) in [6, 6.07) is 0. The summed E-state index contributed by atoms with van der Waals surface area (Å²) in [5.41, 5.74) is 0. The third-order valence-electron chi connectivity index (χ3n) is 3.62. The van der Waals surface area contributed by atoms with Crippen LogP contribution in [0.4, 0.5) is 0 Å². The van der Waals surface area contributed by atoms with E-state index in [1.165, 1.54) is 7.11 Å². The molecule has 2 rings (SSSR count). The molecule has 0 aromatic rings. The Morgan fingerprint density at radius 3 is 2.27 bits per heavy atom. The molecule has 2 saturated heterocycles. The van der Waals surface area contributed by atoms with Crippen molar-refractivity contribution in [3.63, 3.8) is 0 Å². The lowest BCUT2D eigenvalue weighted by molar-refractivity contribution is -0.141. The van der Waals surface area contributed by atoms with Crippen LogP contribution >= 0.6 is 0 Å². The summed E-state index contributed by atoms with van der Waals surface area (Å²) in [5.74, 6) is -0.0165. The number of sulfone groups is 1. The predicted octanol–water partition coefficient (Wildman–Crippen LogP) is 0.905. The first-order valence-corrected chi connectivity index (χ1v) is 6.94. The van der Waals surface area contributed by atoms with Crippen molar-refractivity contribution in [3.8, 4) is 0 Å². The number of fused-ring (bicyclic) bond motifs is 2. The highest BCUT2D eigenvalue weighted by Gasteiger charge is 2.47. The Bertz CT molecular complexity index is 340. The van der Waals surface area contributed by atoms with Gasteiger partial charge in [0.2, 0.25) is 0 Å². The van der Waals surface area contributed by atoms with Gasteiger partial charge in [0.25, 0.3) is 0 Å². The number of hydrogen-bond acceptors (Lipinski definition) is 4. The van der Waals surface area contributed by atoms with Crippen LogP contribution in [0.5, 0.6) is 0 Å². The van der Waals surface area contributed by atoms with Crippen LogP contribution in [0.3, 0.4) is 0 Å². The Hall–Kier alpha value is -0.580. The smallest absolute Gasteiger partial charge is 0.305 e. The summed E-state index contributed by atoms with van der Waals surface area (Å²) in [6.45, 7) is 0. The molecule has 0 saturated carbocycles. The van der Waals surface area contributed by atoms with E-state index in [1.54, 1.807) is 0 Å². The third kappa shape index (κ3) is 1.89. The highest BCUT2D eigenvalue weighted by atomic mass is 32.2. The van der Waals surface area contributed by atoms with Gasteiger partial charge >= 0.3 is 5.97 Å². The zero-order valence-electron chi connectivity index (χ0n) is 8.81. The zero-order chi connectivity index (χ0) is 11.1. The highest BCUT2D eigenvalue weighted by molar-refractivity contribution is 7.93. The van der Waals surface area contributed by atoms with Gasteiger partial charge in [-0.2, -0.15) is 0 Å². The molecule has 2 bridgehead atoms. The summed E-state index contributed by atoms with van der Waals surface area (Å²) < 4.78 is 28.1. The van der Waals surface area contributed by atoms with Gasteiger partial charge in [0.1, 0.15) is 0 Å². The normalized spacial score (nSPS) is 37.5. The summed E-state index contributed by atoms with van der Waals surface area (Å²) >= 11 is 0. The van der Waals surface area contributed by atoms with E-state index >= 15 is 0 Å². The van der Waals surface area contributed by atoms with Gasteiger partial charge in [-0.05, 0) is 31.6 Å². The molecule has 2 unspecified atom stereocenters. The lowest BCUT2D eigenvalue weighted by atomic mass is 9.96. The van der Waals surface area contributed by atoms with Gasteiger partial charge in [0.05, 0.1) is 17.6 Å². The van der Waals surface area contributed by atoms with Crippen LogP contribution in [0.1, 0.15) is 32.1 Å². The van der Waals surface area contributed by atoms with E-state index in [-0.39, 0.29) is 22.4 Å². The Morgan fingerprint density at radius 2 is 1.80 bits per heavy atom. The average Bonchev–Trinajstić information content (AvgIpc) is 2.42. The van der Waals surface area contributed by atoms with Crippen molar-refractivity contribution in [2.24, 2.45) is 5.92 Å². The number of carbonyl (C=O) groups excluding carboxylic acids is 1. The van der Waals surface area contributed by atoms with Gasteiger partial charge < -0.3 is 4.74 Å². The molecular weight excluding hydrogens is 216 g/mol. The van der Waals surface area contributed by atoms with Crippen molar-refractivity contribution >= 4 is 15.8 Å². The van der Waals surface area contributed by atoms with Crippen molar-refractivity contribution in [2.75, 3.05) is 7.11 Å². The summed E-state index contributed by atoms with van der Waals surface area (Å²) in [4.78, 5) is 11.1. The number of rotatable bonds is 2. The van der Waals surface area contributed by atoms with E-state index in [1.807, 2.05) is 0 Å². The van der Waals surface area contributed by atoms with E-state index in [0.29, 0.717) is 19.3 Å². The predicted molar refractivity (Wildman–Crippen MR) is 55.1 cm³/mol. The van der Waals surface area contributed by atoms with Crippen LogP contribution in [0, 0.1) is 5.92 Å². The molecule has 5 heteroatoms. The SMILES string of the molecule is COC(=O)CC1CC2CCC(C1)S2(=O)=O. The summed E-state index contributed by atoms with van der Waals surface area (Å²) in [5, 5.41) is -0.378. The molecule has 0 amide bonds. The maximum absolute atomic E-state index is 11.8. The minimum Gasteiger partial charge on any atom is -0.469 e. The van der Waals surface area contributed by atoms with E-state index in [0.717, 1.165) is 12.8 Å². The second kappa shape index (κ2) is 3.77. The standard InChI is InChI=1S/C10H16O4S/c1-14-10(11)6-7-4-8-2-3-9(5-7)15(8,12)13/h7-9H,2-6H2,1H3. The first kappa shape index (κ1) is 10.9. The largest absolute Gasteiger partial charge is 0.469 e. The molecule has 2 fully saturated rings. The van der Waals surface area contributed by atoms with E-state index in [2.05, 4.69) is 4.74 Å².